The first kappa shape index (κ1) is 11.6. The molecular formula is C13H16N2O3. The molecule has 2 aliphatic heterocycles. The van der Waals surface area contributed by atoms with Gasteiger partial charge in [0.05, 0.1) is 18.8 Å². The maximum absolute atomic E-state index is 12.2. The molecule has 18 heavy (non-hydrogen) atoms. The van der Waals surface area contributed by atoms with Gasteiger partial charge >= 0.3 is 0 Å². The number of carbonyl (C=O) groups is 1. The zero-order valence-electron chi connectivity index (χ0n) is 10.2. The monoisotopic (exact) mass is 248 g/mol. The van der Waals surface area contributed by atoms with Crippen molar-refractivity contribution in [2.24, 2.45) is 0 Å². The lowest BCUT2D eigenvalue weighted by molar-refractivity contribution is -0.181. The Hall–Kier alpha value is -1.46. The Balaban J connectivity index is 1.64. The molecule has 1 spiro atoms. The number of likely N-dealkylation sites (tertiary alicyclic amines) is 1. The first-order chi connectivity index (χ1) is 8.79. The van der Waals surface area contributed by atoms with E-state index in [1.165, 1.54) is 0 Å². The van der Waals surface area contributed by atoms with E-state index in [-0.39, 0.29) is 5.91 Å². The lowest BCUT2D eigenvalue weighted by Gasteiger charge is -2.37. The van der Waals surface area contributed by atoms with Crippen LogP contribution in [0, 0.1) is 0 Å². The van der Waals surface area contributed by atoms with Gasteiger partial charge in [0, 0.05) is 38.3 Å². The Bertz CT molecular complexity index is 419. The molecule has 1 aromatic rings. The van der Waals surface area contributed by atoms with Crippen molar-refractivity contribution in [2.75, 3.05) is 26.3 Å². The lowest BCUT2D eigenvalue weighted by atomic mass is 10.0. The Kier molecular flexibility index (Phi) is 3.01. The summed E-state index contributed by atoms with van der Waals surface area (Å²) in [7, 11) is 0. The number of hydrogen-bond acceptors (Lipinski definition) is 4. The molecule has 0 aromatic carbocycles. The van der Waals surface area contributed by atoms with Crippen molar-refractivity contribution in [3.8, 4) is 0 Å². The van der Waals surface area contributed by atoms with Gasteiger partial charge in [-0.15, -0.1) is 0 Å². The molecule has 1 aromatic heterocycles. The number of ether oxygens (including phenoxy) is 2. The molecule has 0 unspecified atom stereocenters. The molecule has 0 bridgehead atoms. The first-order valence-corrected chi connectivity index (χ1v) is 6.26. The zero-order chi connectivity index (χ0) is 12.4. The van der Waals surface area contributed by atoms with E-state index in [1.807, 2.05) is 4.90 Å². The zero-order valence-corrected chi connectivity index (χ0v) is 10.2. The quantitative estimate of drug-likeness (QED) is 0.745. The Morgan fingerprint density at radius 2 is 2.00 bits per heavy atom. The summed E-state index contributed by atoms with van der Waals surface area (Å²) in [6, 6.07) is 3.57. The fourth-order valence-corrected chi connectivity index (χ4v) is 2.51. The molecule has 3 rings (SSSR count). The standard InChI is InChI=1S/C13H16N2O3/c16-12(11-2-1-5-14-10-11)15-6-3-13(4-7-15)17-8-9-18-13/h1-2,5,10H,3-4,6-9H2. The van der Waals surface area contributed by atoms with Crippen LogP contribution in [0.25, 0.3) is 0 Å². The van der Waals surface area contributed by atoms with Gasteiger partial charge in [-0.05, 0) is 12.1 Å². The summed E-state index contributed by atoms with van der Waals surface area (Å²) in [5, 5.41) is 0. The van der Waals surface area contributed by atoms with Crippen LogP contribution in [-0.4, -0.2) is 47.9 Å². The van der Waals surface area contributed by atoms with Crippen molar-refractivity contribution in [1.82, 2.24) is 9.88 Å². The summed E-state index contributed by atoms with van der Waals surface area (Å²) in [6.07, 6.45) is 4.77. The number of amides is 1. The second kappa shape index (κ2) is 4.66. The molecule has 0 radical (unpaired) electrons. The molecule has 5 heteroatoms. The van der Waals surface area contributed by atoms with Crippen LogP contribution in [0.15, 0.2) is 24.5 Å². The minimum absolute atomic E-state index is 0.0379. The average Bonchev–Trinajstić information content (AvgIpc) is 2.88. The summed E-state index contributed by atoms with van der Waals surface area (Å²) in [5.41, 5.74) is 0.640. The van der Waals surface area contributed by atoms with E-state index in [0.29, 0.717) is 31.9 Å². The number of rotatable bonds is 1. The maximum atomic E-state index is 12.2. The van der Waals surface area contributed by atoms with Crippen LogP contribution in [-0.2, 0) is 9.47 Å². The van der Waals surface area contributed by atoms with Gasteiger partial charge in [-0.1, -0.05) is 0 Å². The van der Waals surface area contributed by atoms with Gasteiger partial charge in [0.25, 0.3) is 5.91 Å². The third-order valence-corrected chi connectivity index (χ3v) is 3.53. The number of piperidine rings is 1. The van der Waals surface area contributed by atoms with E-state index in [4.69, 9.17) is 9.47 Å². The molecule has 0 N–H and O–H groups in total. The molecule has 96 valence electrons. The van der Waals surface area contributed by atoms with Gasteiger partial charge in [0.15, 0.2) is 5.79 Å². The Morgan fingerprint density at radius 1 is 1.28 bits per heavy atom. The Morgan fingerprint density at radius 3 is 2.61 bits per heavy atom. The Labute approximate surface area is 106 Å². The summed E-state index contributed by atoms with van der Waals surface area (Å²) >= 11 is 0. The second-order valence-electron chi connectivity index (χ2n) is 4.64. The van der Waals surface area contributed by atoms with Crippen molar-refractivity contribution in [2.45, 2.75) is 18.6 Å². The molecule has 2 fully saturated rings. The van der Waals surface area contributed by atoms with Gasteiger partial charge in [0.1, 0.15) is 0 Å². The van der Waals surface area contributed by atoms with E-state index in [9.17, 15) is 4.79 Å². The van der Waals surface area contributed by atoms with Crippen LogP contribution in [0.2, 0.25) is 0 Å². The number of aromatic nitrogens is 1. The highest BCUT2D eigenvalue weighted by atomic mass is 16.7. The molecular weight excluding hydrogens is 232 g/mol. The highest BCUT2D eigenvalue weighted by Gasteiger charge is 2.40. The first-order valence-electron chi connectivity index (χ1n) is 6.26. The third kappa shape index (κ3) is 2.11. The summed E-state index contributed by atoms with van der Waals surface area (Å²) in [5.74, 6) is -0.387. The highest BCUT2D eigenvalue weighted by molar-refractivity contribution is 5.93. The van der Waals surface area contributed by atoms with Gasteiger partial charge in [-0.3, -0.25) is 9.78 Å². The normalized spacial score (nSPS) is 22.3. The smallest absolute Gasteiger partial charge is 0.255 e. The van der Waals surface area contributed by atoms with Crippen LogP contribution in [0.3, 0.4) is 0 Å². The molecule has 1 amide bonds. The SMILES string of the molecule is O=C(c1cccnc1)N1CCC2(CC1)OCCO2. The lowest BCUT2D eigenvalue weighted by Crippen LogP contribution is -2.47. The van der Waals surface area contributed by atoms with Crippen LogP contribution < -0.4 is 0 Å². The van der Waals surface area contributed by atoms with Crippen LogP contribution in [0.4, 0.5) is 0 Å². The van der Waals surface area contributed by atoms with E-state index in [1.54, 1.807) is 24.5 Å². The maximum Gasteiger partial charge on any atom is 0.255 e. The molecule has 2 saturated heterocycles. The van der Waals surface area contributed by atoms with Crippen molar-refractivity contribution in [3.05, 3.63) is 30.1 Å². The fraction of sp³-hybridized carbons (Fsp3) is 0.538. The third-order valence-electron chi connectivity index (χ3n) is 3.53. The molecule has 0 aliphatic carbocycles. The van der Waals surface area contributed by atoms with Crippen molar-refractivity contribution in [1.29, 1.82) is 0 Å². The molecule has 0 saturated carbocycles. The van der Waals surface area contributed by atoms with E-state index in [0.717, 1.165) is 12.8 Å². The predicted octanol–water partition coefficient (Wildman–Crippen LogP) is 1.06. The van der Waals surface area contributed by atoms with Crippen molar-refractivity contribution < 1.29 is 14.3 Å². The predicted molar refractivity (Wildman–Crippen MR) is 64.0 cm³/mol. The molecule has 2 aliphatic rings. The number of nitrogens with zero attached hydrogens (tertiary/aromatic N) is 2. The minimum atomic E-state index is -0.425. The summed E-state index contributed by atoms with van der Waals surface area (Å²) in [4.78, 5) is 18.0. The van der Waals surface area contributed by atoms with E-state index in [2.05, 4.69) is 4.98 Å². The summed E-state index contributed by atoms with van der Waals surface area (Å²) < 4.78 is 11.3. The summed E-state index contributed by atoms with van der Waals surface area (Å²) in [6.45, 7) is 2.68. The van der Waals surface area contributed by atoms with Gasteiger partial charge in [0.2, 0.25) is 0 Å². The van der Waals surface area contributed by atoms with Gasteiger partial charge in [-0.25, -0.2) is 0 Å². The van der Waals surface area contributed by atoms with Crippen LogP contribution >= 0.6 is 0 Å². The van der Waals surface area contributed by atoms with Crippen molar-refractivity contribution >= 4 is 5.91 Å². The van der Waals surface area contributed by atoms with Crippen molar-refractivity contribution in [3.63, 3.8) is 0 Å². The second-order valence-corrected chi connectivity index (χ2v) is 4.64. The largest absolute Gasteiger partial charge is 0.347 e. The van der Waals surface area contributed by atoms with Crippen LogP contribution in [0.5, 0.6) is 0 Å². The highest BCUT2D eigenvalue weighted by Crippen LogP contribution is 2.31. The minimum Gasteiger partial charge on any atom is -0.347 e. The van der Waals surface area contributed by atoms with E-state index < -0.39 is 5.79 Å². The average molecular weight is 248 g/mol. The topological polar surface area (TPSA) is 51.7 Å². The number of hydrogen-bond donors (Lipinski definition) is 0. The van der Waals surface area contributed by atoms with Gasteiger partial charge in [-0.2, -0.15) is 0 Å². The molecule has 5 nitrogen and oxygen atoms in total. The molecule has 3 heterocycles. The van der Waals surface area contributed by atoms with E-state index >= 15 is 0 Å². The van der Waals surface area contributed by atoms with Gasteiger partial charge < -0.3 is 14.4 Å². The number of carbonyl (C=O) groups excluding carboxylic acids is 1. The van der Waals surface area contributed by atoms with Crippen LogP contribution in [0.1, 0.15) is 23.2 Å². The molecule has 0 atom stereocenters. The fourth-order valence-electron chi connectivity index (χ4n) is 2.51. The number of pyridine rings is 1.